The lowest BCUT2D eigenvalue weighted by Gasteiger charge is -2.12. The molecule has 1 rings (SSSR count). The lowest BCUT2D eigenvalue weighted by atomic mass is 10.1. The Bertz CT molecular complexity index is 490. The van der Waals surface area contributed by atoms with Crippen LogP contribution in [0.25, 0.3) is 0 Å². The molecule has 0 saturated heterocycles. The first-order chi connectivity index (χ1) is 9.26. The highest BCUT2D eigenvalue weighted by Gasteiger charge is 2.33. The predicted molar refractivity (Wildman–Crippen MR) is 57.7 cm³/mol. The maximum absolute atomic E-state index is 12.7. The van der Waals surface area contributed by atoms with Gasteiger partial charge in [0.15, 0.2) is 5.75 Å². The van der Waals surface area contributed by atoms with Crippen LogP contribution in [0.3, 0.4) is 0 Å². The number of aromatic nitrogens is 1. The van der Waals surface area contributed by atoms with E-state index >= 15 is 0 Å². The van der Waals surface area contributed by atoms with Crippen molar-refractivity contribution in [3.8, 4) is 11.6 Å². The Hall–Kier alpha value is -2.06. The van der Waals surface area contributed by atoms with Gasteiger partial charge in [0.1, 0.15) is 6.67 Å². The Morgan fingerprint density at radius 1 is 1.45 bits per heavy atom. The number of rotatable bonds is 5. The molecule has 0 amide bonds. The van der Waals surface area contributed by atoms with Gasteiger partial charge in [-0.1, -0.05) is 0 Å². The molecule has 1 heterocycles. The topological polar surface area (TPSA) is 68.7 Å². The lowest BCUT2D eigenvalue weighted by molar-refractivity contribution is -0.276. The molecule has 0 saturated carbocycles. The van der Waals surface area contributed by atoms with E-state index in [-0.39, 0.29) is 12.2 Å². The van der Waals surface area contributed by atoms with Gasteiger partial charge < -0.3 is 14.6 Å². The third kappa shape index (κ3) is 4.56. The van der Waals surface area contributed by atoms with Gasteiger partial charge in [-0.25, -0.2) is 9.37 Å². The van der Waals surface area contributed by atoms with Crippen LogP contribution in [0.5, 0.6) is 11.6 Å². The third-order valence-corrected chi connectivity index (χ3v) is 2.12. The van der Waals surface area contributed by atoms with Crippen LogP contribution in [-0.4, -0.2) is 29.0 Å². The summed E-state index contributed by atoms with van der Waals surface area (Å²) in [5.41, 5.74) is -0.506. The van der Waals surface area contributed by atoms with Crippen molar-refractivity contribution in [3.05, 3.63) is 17.3 Å². The number of hydrogen-bond acceptors (Lipinski definition) is 5. The highest BCUT2D eigenvalue weighted by molar-refractivity contribution is 5.73. The average molecular weight is 297 g/mol. The second-order valence-electron chi connectivity index (χ2n) is 3.58. The molecule has 0 fully saturated rings. The Kier molecular flexibility index (Phi) is 5.12. The minimum Gasteiger partial charge on any atom is -0.503 e. The Labute approximate surface area is 111 Å². The molecule has 1 aromatic heterocycles. The molecule has 0 unspecified atom stereocenters. The van der Waals surface area contributed by atoms with Gasteiger partial charge in [0.25, 0.3) is 5.88 Å². The maximum Gasteiger partial charge on any atom is 0.574 e. The average Bonchev–Trinajstić information content (AvgIpc) is 2.31. The van der Waals surface area contributed by atoms with Crippen molar-refractivity contribution in [2.45, 2.75) is 26.4 Å². The zero-order valence-corrected chi connectivity index (χ0v) is 10.3. The number of nitrogens with zero attached hydrogens (tertiary/aromatic N) is 1. The number of hydrogen-bond donors (Lipinski definition) is 1. The molecule has 1 aromatic rings. The highest BCUT2D eigenvalue weighted by atomic mass is 19.4. The molecule has 20 heavy (non-hydrogen) atoms. The number of ether oxygens (including phenoxy) is 2. The smallest absolute Gasteiger partial charge is 0.503 e. The second-order valence-corrected chi connectivity index (χ2v) is 3.58. The van der Waals surface area contributed by atoms with E-state index < -0.39 is 42.8 Å². The molecule has 0 bridgehead atoms. The molecule has 0 aliphatic heterocycles. The largest absolute Gasteiger partial charge is 0.574 e. The van der Waals surface area contributed by atoms with E-state index in [1.54, 1.807) is 6.92 Å². The number of halogens is 4. The Balaban J connectivity index is 3.04. The molecule has 0 aliphatic rings. The Morgan fingerprint density at radius 3 is 2.60 bits per heavy atom. The van der Waals surface area contributed by atoms with Crippen molar-refractivity contribution < 1.29 is 36.9 Å². The molecule has 0 aliphatic carbocycles. The van der Waals surface area contributed by atoms with Crippen molar-refractivity contribution >= 4 is 5.97 Å². The van der Waals surface area contributed by atoms with E-state index in [1.807, 2.05) is 0 Å². The van der Waals surface area contributed by atoms with Crippen LogP contribution >= 0.6 is 0 Å². The van der Waals surface area contributed by atoms with E-state index in [0.717, 1.165) is 6.07 Å². The lowest BCUT2D eigenvalue weighted by Crippen LogP contribution is -2.19. The minimum atomic E-state index is -5.07. The third-order valence-electron chi connectivity index (χ3n) is 2.12. The number of pyridine rings is 1. The molecule has 1 N–H and O–H groups in total. The van der Waals surface area contributed by atoms with Crippen LogP contribution in [0, 0.1) is 0 Å². The van der Waals surface area contributed by atoms with E-state index in [9.17, 15) is 27.5 Å². The van der Waals surface area contributed by atoms with E-state index in [2.05, 4.69) is 14.5 Å². The fourth-order valence-corrected chi connectivity index (χ4v) is 1.38. The summed E-state index contributed by atoms with van der Waals surface area (Å²) in [6, 6.07) is 0.792. The van der Waals surface area contributed by atoms with Crippen molar-refractivity contribution in [2.24, 2.45) is 0 Å². The molecule has 0 radical (unpaired) electrons. The summed E-state index contributed by atoms with van der Waals surface area (Å²) in [4.78, 5) is 14.5. The fourth-order valence-electron chi connectivity index (χ4n) is 1.38. The van der Waals surface area contributed by atoms with Crippen molar-refractivity contribution in [3.63, 3.8) is 0 Å². The SMILES string of the molecule is CCOC(=O)Cc1cc(O)c(OC(F)(F)F)nc1CF. The number of carbonyl (C=O) groups is 1. The number of alkyl halides is 4. The number of aromatic hydroxyl groups is 1. The highest BCUT2D eigenvalue weighted by Crippen LogP contribution is 2.31. The molecular weight excluding hydrogens is 286 g/mol. The normalized spacial score (nSPS) is 11.2. The minimum absolute atomic E-state index is 0.0713. The van der Waals surface area contributed by atoms with Gasteiger partial charge >= 0.3 is 12.3 Å². The van der Waals surface area contributed by atoms with Crippen LogP contribution in [-0.2, 0) is 22.6 Å². The van der Waals surface area contributed by atoms with E-state index in [1.165, 1.54) is 0 Å². The Morgan fingerprint density at radius 2 is 2.10 bits per heavy atom. The van der Waals surface area contributed by atoms with Crippen LogP contribution in [0.1, 0.15) is 18.2 Å². The molecule has 0 atom stereocenters. The molecule has 112 valence electrons. The second kappa shape index (κ2) is 6.40. The maximum atomic E-state index is 12.7. The quantitative estimate of drug-likeness (QED) is 0.667. The first kappa shape index (κ1) is 16.0. The van der Waals surface area contributed by atoms with Gasteiger partial charge in [-0.2, -0.15) is 0 Å². The van der Waals surface area contributed by atoms with Gasteiger partial charge in [-0.3, -0.25) is 4.79 Å². The van der Waals surface area contributed by atoms with Crippen LogP contribution in [0.4, 0.5) is 17.6 Å². The summed E-state index contributed by atoms with van der Waals surface area (Å²) in [6.07, 6.45) is -5.49. The summed E-state index contributed by atoms with van der Waals surface area (Å²) in [5, 5.41) is 9.36. The number of carbonyl (C=O) groups excluding carboxylic acids is 1. The fraction of sp³-hybridized carbons (Fsp3) is 0.455. The van der Waals surface area contributed by atoms with Gasteiger partial charge in [0, 0.05) is 0 Å². The van der Waals surface area contributed by atoms with Crippen LogP contribution < -0.4 is 4.74 Å². The first-order valence-electron chi connectivity index (χ1n) is 5.46. The van der Waals surface area contributed by atoms with Crippen LogP contribution in [0.15, 0.2) is 6.07 Å². The molecule has 9 heteroatoms. The van der Waals surface area contributed by atoms with Crippen molar-refractivity contribution in [2.75, 3.05) is 6.61 Å². The first-order valence-corrected chi connectivity index (χ1v) is 5.46. The van der Waals surface area contributed by atoms with Gasteiger partial charge in [-0.15, -0.1) is 13.2 Å². The number of esters is 1. The zero-order valence-electron chi connectivity index (χ0n) is 10.3. The van der Waals surface area contributed by atoms with Crippen molar-refractivity contribution in [1.82, 2.24) is 4.98 Å². The van der Waals surface area contributed by atoms with E-state index in [4.69, 9.17) is 0 Å². The molecule has 0 spiro atoms. The molecule has 5 nitrogen and oxygen atoms in total. The monoisotopic (exact) mass is 297 g/mol. The predicted octanol–water partition coefficient (Wildman–Crippen LogP) is 2.26. The molecular formula is C11H11F4NO4. The van der Waals surface area contributed by atoms with Gasteiger partial charge in [-0.05, 0) is 18.6 Å². The standard InChI is InChI=1S/C11H11F4NO4/c1-2-19-9(18)4-6-3-8(17)10(16-7(6)5-12)20-11(13,14)15/h3,17H,2,4-5H2,1H3. The summed E-state index contributed by atoms with van der Waals surface area (Å²) < 4.78 is 56.9. The van der Waals surface area contributed by atoms with Gasteiger partial charge in [0.2, 0.25) is 0 Å². The molecule has 0 aromatic carbocycles. The van der Waals surface area contributed by atoms with Crippen LogP contribution in [0.2, 0.25) is 0 Å². The summed E-state index contributed by atoms with van der Waals surface area (Å²) in [6.45, 7) is 0.436. The summed E-state index contributed by atoms with van der Waals surface area (Å²) in [5.74, 6) is -2.83. The van der Waals surface area contributed by atoms with Gasteiger partial charge in [0.05, 0.1) is 18.7 Å². The summed E-state index contributed by atoms with van der Waals surface area (Å²) in [7, 11) is 0. The van der Waals surface area contributed by atoms with Crippen molar-refractivity contribution in [1.29, 1.82) is 0 Å². The summed E-state index contributed by atoms with van der Waals surface area (Å²) >= 11 is 0. The zero-order chi connectivity index (χ0) is 15.3. The van der Waals surface area contributed by atoms with E-state index in [0.29, 0.717) is 0 Å².